The van der Waals surface area contributed by atoms with E-state index in [9.17, 15) is 9.59 Å². The molecule has 0 bridgehead atoms. The molecular weight excluding hydrogens is 376 g/mol. The van der Waals surface area contributed by atoms with E-state index in [1.165, 1.54) is 11.3 Å². The molecule has 8 heteroatoms. The van der Waals surface area contributed by atoms with E-state index in [4.69, 9.17) is 5.11 Å². The first-order chi connectivity index (χ1) is 9.99. The van der Waals surface area contributed by atoms with Gasteiger partial charge in [0.15, 0.2) is 0 Å². The molecule has 1 unspecified atom stereocenters. The Labute approximate surface area is 138 Å². The molecule has 0 aromatic carbocycles. The summed E-state index contributed by atoms with van der Waals surface area (Å²) >= 11 is 6.44. The molecule has 5 nitrogen and oxygen atoms in total. The lowest BCUT2D eigenvalue weighted by Crippen LogP contribution is -2.41. The summed E-state index contributed by atoms with van der Waals surface area (Å²) in [6, 6.07) is 1.13. The maximum Gasteiger partial charge on any atom is 0.326 e. The molecular formula is C13H13BrN2O3S2. The molecule has 0 aliphatic rings. The third-order valence-corrected chi connectivity index (χ3v) is 5.46. The van der Waals surface area contributed by atoms with Crippen molar-refractivity contribution in [2.75, 3.05) is 0 Å². The van der Waals surface area contributed by atoms with Crippen LogP contribution in [0, 0.1) is 0 Å². The number of amides is 1. The van der Waals surface area contributed by atoms with Crippen molar-refractivity contribution in [2.24, 2.45) is 0 Å². The molecule has 1 atom stereocenters. The van der Waals surface area contributed by atoms with E-state index in [1.54, 1.807) is 18.3 Å². The molecule has 2 rings (SSSR count). The predicted molar refractivity (Wildman–Crippen MR) is 86.7 cm³/mol. The highest BCUT2D eigenvalue weighted by molar-refractivity contribution is 9.10. The maximum atomic E-state index is 11.8. The minimum absolute atomic E-state index is 0.0901. The van der Waals surface area contributed by atoms with Crippen molar-refractivity contribution in [1.29, 1.82) is 0 Å². The lowest BCUT2D eigenvalue weighted by atomic mass is 10.2. The van der Waals surface area contributed by atoms with Gasteiger partial charge >= 0.3 is 5.97 Å². The monoisotopic (exact) mass is 388 g/mol. The Hall–Kier alpha value is -1.25. The van der Waals surface area contributed by atoms with Crippen LogP contribution in [0.5, 0.6) is 0 Å². The van der Waals surface area contributed by atoms with E-state index >= 15 is 0 Å². The van der Waals surface area contributed by atoms with E-state index in [0.29, 0.717) is 12.1 Å². The van der Waals surface area contributed by atoms with Crippen molar-refractivity contribution in [2.45, 2.75) is 25.8 Å². The molecule has 0 saturated carbocycles. The molecule has 1 amide bonds. The molecule has 21 heavy (non-hydrogen) atoms. The van der Waals surface area contributed by atoms with Crippen molar-refractivity contribution < 1.29 is 14.7 Å². The zero-order chi connectivity index (χ0) is 15.4. The van der Waals surface area contributed by atoms with Crippen LogP contribution in [-0.2, 0) is 16.0 Å². The van der Waals surface area contributed by atoms with Crippen LogP contribution in [0.25, 0.3) is 9.88 Å². The molecule has 2 aromatic rings. The van der Waals surface area contributed by atoms with Crippen LogP contribution in [-0.4, -0.2) is 28.0 Å². The zero-order valence-electron chi connectivity index (χ0n) is 11.1. The third-order valence-electron chi connectivity index (χ3n) is 2.71. The van der Waals surface area contributed by atoms with Crippen LogP contribution in [0.4, 0.5) is 0 Å². The van der Waals surface area contributed by atoms with E-state index in [0.717, 1.165) is 14.4 Å². The van der Waals surface area contributed by atoms with Gasteiger partial charge in [0.2, 0.25) is 5.91 Å². The predicted octanol–water partition coefficient (Wildman–Crippen LogP) is 3.16. The fourth-order valence-electron chi connectivity index (χ4n) is 1.67. The minimum Gasteiger partial charge on any atom is -0.480 e. The van der Waals surface area contributed by atoms with Crippen molar-refractivity contribution >= 4 is 50.5 Å². The second-order valence-electron chi connectivity index (χ2n) is 4.32. The number of carboxylic acid groups (broad SMARTS) is 1. The Morgan fingerprint density at radius 1 is 1.43 bits per heavy atom. The van der Waals surface area contributed by atoms with Crippen molar-refractivity contribution in [3.05, 3.63) is 27.0 Å². The number of carboxylic acids is 1. The summed E-state index contributed by atoms with van der Waals surface area (Å²) in [5.41, 5.74) is 0.650. The molecule has 0 radical (unpaired) electrons. The highest BCUT2D eigenvalue weighted by Gasteiger charge is 2.18. The average Bonchev–Trinajstić information content (AvgIpc) is 3.04. The van der Waals surface area contributed by atoms with E-state index < -0.39 is 12.0 Å². The number of thiazole rings is 1. The third kappa shape index (κ3) is 4.36. The van der Waals surface area contributed by atoms with Crippen molar-refractivity contribution in [1.82, 2.24) is 10.3 Å². The van der Waals surface area contributed by atoms with Gasteiger partial charge in [-0.05, 0) is 28.4 Å². The number of hydrogen-bond acceptors (Lipinski definition) is 5. The van der Waals surface area contributed by atoms with Gasteiger partial charge in [0.25, 0.3) is 0 Å². The fraction of sp³-hybridized carbons (Fsp3) is 0.308. The van der Waals surface area contributed by atoms with Gasteiger partial charge in [-0.3, -0.25) is 4.79 Å². The number of carbonyl (C=O) groups is 2. The molecule has 2 heterocycles. The molecule has 112 valence electrons. The first-order valence-corrected chi connectivity index (χ1v) is 8.75. The van der Waals surface area contributed by atoms with Crippen molar-refractivity contribution in [3.8, 4) is 9.88 Å². The Balaban J connectivity index is 1.99. The zero-order valence-corrected chi connectivity index (χ0v) is 14.3. The lowest BCUT2D eigenvalue weighted by Gasteiger charge is -2.11. The SMILES string of the molecule is CCC(NC(=O)Cc1csc(-c2cc(Br)cs2)n1)C(=O)O. The first-order valence-electron chi connectivity index (χ1n) is 6.20. The first kappa shape index (κ1) is 16.1. The number of rotatable bonds is 6. The second-order valence-corrected chi connectivity index (χ2v) is 7.00. The quantitative estimate of drug-likeness (QED) is 0.796. The molecule has 2 aromatic heterocycles. The number of nitrogens with zero attached hydrogens (tertiary/aromatic N) is 1. The van der Waals surface area contributed by atoms with Gasteiger partial charge in [0, 0.05) is 15.2 Å². The Morgan fingerprint density at radius 3 is 2.76 bits per heavy atom. The number of aliphatic carboxylic acids is 1. The number of nitrogens with one attached hydrogen (secondary N) is 1. The minimum atomic E-state index is -1.02. The van der Waals surface area contributed by atoms with Crippen LogP contribution < -0.4 is 5.32 Å². The van der Waals surface area contributed by atoms with Gasteiger partial charge in [-0.25, -0.2) is 9.78 Å². The summed E-state index contributed by atoms with van der Waals surface area (Å²) in [6.45, 7) is 1.72. The van der Waals surface area contributed by atoms with Crippen molar-refractivity contribution in [3.63, 3.8) is 0 Å². The second kappa shape index (κ2) is 7.15. The summed E-state index contributed by atoms with van der Waals surface area (Å²) in [7, 11) is 0. The molecule has 0 aliphatic carbocycles. The van der Waals surface area contributed by atoms with Gasteiger partial charge in [-0.1, -0.05) is 6.92 Å². The number of carbonyl (C=O) groups excluding carboxylic acids is 1. The number of thiophene rings is 1. The Bertz CT molecular complexity index is 653. The smallest absolute Gasteiger partial charge is 0.326 e. The number of aromatic nitrogens is 1. The Kier molecular flexibility index (Phi) is 5.49. The normalized spacial score (nSPS) is 12.1. The van der Waals surface area contributed by atoms with E-state index in [-0.39, 0.29) is 12.3 Å². The molecule has 0 saturated heterocycles. The van der Waals surface area contributed by atoms with E-state index in [2.05, 4.69) is 26.2 Å². The molecule has 0 aliphatic heterocycles. The van der Waals surface area contributed by atoms with Crippen LogP contribution in [0.2, 0.25) is 0 Å². The largest absolute Gasteiger partial charge is 0.480 e. The number of hydrogen-bond donors (Lipinski definition) is 2. The summed E-state index contributed by atoms with van der Waals surface area (Å²) in [5.74, 6) is -1.35. The highest BCUT2D eigenvalue weighted by atomic mass is 79.9. The Morgan fingerprint density at radius 2 is 2.19 bits per heavy atom. The molecule has 2 N–H and O–H groups in total. The number of halogens is 1. The van der Waals surface area contributed by atoms with Gasteiger partial charge < -0.3 is 10.4 Å². The average molecular weight is 389 g/mol. The van der Waals surface area contributed by atoms with Crippen LogP contribution in [0.3, 0.4) is 0 Å². The summed E-state index contributed by atoms with van der Waals surface area (Å²) in [6.07, 6.45) is 0.444. The standard InChI is InChI=1S/C13H13BrN2O3S2/c1-2-9(13(18)19)16-11(17)4-8-6-21-12(15-8)10-3-7(14)5-20-10/h3,5-6,9H,2,4H2,1H3,(H,16,17)(H,18,19). The summed E-state index contributed by atoms with van der Waals surface area (Å²) in [4.78, 5) is 28.1. The lowest BCUT2D eigenvalue weighted by molar-refractivity contribution is -0.141. The van der Waals surface area contributed by atoms with Gasteiger partial charge in [0.05, 0.1) is 17.0 Å². The fourth-order valence-corrected chi connectivity index (χ4v) is 4.00. The topological polar surface area (TPSA) is 79.3 Å². The molecule has 0 fully saturated rings. The maximum absolute atomic E-state index is 11.8. The highest BCUT2D eigenvalue weighted by Crippen LogP contribution is 2.32. The summed E-state index contributed by atoms with van der Waals surface area (Å²) in [5, 5.41) is 16.1. The molecule has 0 spiro atoms. The van der Waals surface area contributed by atoms with Crippen LogP contribution in [0.15, 0.2) is 21.3 Å². The van der Waals surface area contributed by atoms with Gasteiger partial charge in [-0.15, -0.1) is 22.7 Å². The van der Waals surface area contributed by atoms with Gasteiger partial charge in [-0.2, -0.15) is 0 Å². The van der Waals surface area contributed by atoms with Crippen LogP contribution >= 0.6 is 38.6 Å². The summed E-state index contributed by atoms with van der Waals surface area (Å²) < 4.78 is 1.00. The van der Waals surface area contributed by atoms with Crippen LogP contribution in [0.1, 0.15) is 19.0 Å². The van der Waals surface area contributed by atoms with Gasteiger partial charge in [0.1, 0.15) is 11.0 Å². The van der Waals surface area contributed by atoms with E-state index in [1.807, 2.05) is 16.8 Å².